The Morgan fingerprint density at radius 2 is 1.69 bits per heavy atom. The summed E-state index contributed by atoms with van der Waals surface area (Å²) in [4.78, 5) is 30.1. The Kier molecular flexibility index (Phi) is 5.09. The van der Waals surface area contributed by atoms with Gasteiger partial charge in [-0.3, -0.25) is 14.2 Å². The van der Waals surface area contributed by atoms with Crippen molar-refractivity contribution in [3.8, 4) is 5.69 Å². The molecule has 0 bridgehead atoms. The normalized spacial score (nSPS) is 10.9. The number of carbonyl (C=O) groups is 1. The van der Waals surface area contributed by atoms with Crippen molar-refractivity contribution in [3.05, 3.63) is 98.5 Å². The predicted molar refractivity (Wildman–Crippen MR) is 116 cm³/mol. The average Bonchev–Trinajstić information content (AvgIpc) is 2.70. The number of aryl methyl sites for hydroxylation is 1. The summed E-state index contributed by atoms with van der Waals surface area (Å²) in [5, 5.41) is 3.95. The van der Waals surface area contributed by atoms with Crippen molar-refractivity contribution in [2.75, 3.05) is 5.32 Å². The molecule has 0 radical (unpaired) electrons. The predicted octanol–water partition coefficient (Wildman–Crippen LogP) is 5.25. The van der Waals surface area contributed by atoms with Gasteiger partial charge in [0.05, 0.1) is 37.9 Å². The Balaban J connectivity index is 1.78. The minimum absolute atomic E-state index is 0.196. The number of hydrogen-bond acceptors (Lipinski definition) is 3. The Morgan fingerprint density at radius 1 is 0.966 bits per heavy atom. The van der Waals surface area contributed by atoms with Crippen molar-refractivity contribution in [2.45, 2.75) is 6.92 Å². The summed E-state index contributed by atoms with van der Waals surface area (Å²) in [5.41, 5.74) is 1.68. The Hall–Kier alpha value is -3.15. The zero-order valence-electron chi connectivity index (χ0n) is 15.3. The topological polar surface area (TPSA) is 64.0 Å². The quantitative estimate of drug-likeness (QED) is 0.489. The summed E-state index contributed by atoms with van der Waals surface area (Å²) in [6, 6.07) is 18.9. The number of fused-ring (bicyclic) bond motifs is 1. The van der Waals surface area contributed by atoms with E-state index in [0.29, 0.717) is 43.7 Å². The zero-order chi connectivity index (χ0) is 20.5. The van der Waals surface area contributed by atoms with Crippen molar-refractivity contribution in [1.82, 2.24) is 9.55 Å². The molecular formula is C22H15Cl2N3O2. The molecule has 4 aromatic rings. The van der Waals surface area contributed by atoms with Crippen molar-refractivity contribution in [3.63, 3.8) is 0 Å². The Bertz CT molecular complexity index is 1320. The van der Waals surface area contributed by atoms with E-state index in [-0.39, 0.29) is 5.56 Å². The highest BCUT2D eigenvalue weighted by molar-refractivity contribution is 6.36. The van der Waals surface area contributed by atoms with Gasteiger partial charge in [-0.05, 0) is 49.4 Å². The van der Waals surface area contributed by atoms with Gasteiger partial charge in [0.25, 0.3) is 11.5 Å². The van der Waals surface area contributed by atoms with E-state index in [9.17, 15) is 9.59 Å². The summed E-state index contributed by atoms with van der Waals surface area (Å²) in [5.74, 6) is 0.134. The van der Waals surface area contributed by atoms with E-state index in [1.54, 1.807) is 67.6 Å². The SMILES string of the molecule is Cc1nc2ccccc2c(=O)n1-c1ccc(Cl)c(NC(=O)c2ccccc2Cl)c1. The highest BCUT2D eigenvalue weighted by atomic mass is 35.5. The maximum Gasteiger partial charge on any atom is 0.265 e. The van der Waals surface area contributed by atoms with Crippen molar-refractivity contribution in [1.29, 1.82) is 0 Å². The van der Waals surface area contributed by atoms with E-state index < -0.39 is 5.91 Å². The molecule has 0 saturated heterocycles. The highest BCUT2D eigenvalue weighted by Gasteiger charge is 2.15. The van der Waals surface area contributed by atoms with Gasteiger partial charge in [0.1, 0.15) is 5.82 Å². The molecule has 1 amide bonds. The van der Waals surface area contributed by atoms with Gasteiger partial charge in [0, 0.05) is 0 Å². The third-order valence-corrected chi connectivity index (χ3v) is 5.18. The molecule has 0 aliphatic carbocycles. The summed E-state index contributed by atoms with van der Waals surface area (Å²) in [6.07, 6.45) is 0. The number of nitrogens with zero attached hydrogens (tertiary/aromatic N) is 2. The van der Waals surface area contributed by atoms with Crippen LogP contribution >= 0.6 is 23.2 Å². The van der Waals surface area contributed by atoms with Crippen molar-refractivity contribution in [2.24, 2.45) is 0 Å². The molecule has 0 unspecified atom stereocenters. The second-order valence-electron chi connectivity index (χ2n) is 6.41. The molecule has 3 aromatic carbocycles. The van der Waals surface area contributed by atoms with Gasteiger partial charge < -0.3 is 5.32 Å². The van der Waals surface area contributed by atoms with Crippen LogP contribution in [0.25, 0.3) is 16.6 Å². The lowest BCUT2D eigenvalue weighted by atomic mass is 10.2. The first-order chi connectivity index (χ1) is 14.0. The van der Waals surface area contributed by atoms with Gasteiger partial charge in [-0.2, -0.15) is 0 Å². The number of benzene rings is 3. The number of amides is 1. The number of hydrogen-bond donors (Lipinski definition) is 1. The van der Waals surface area contributed by atoms with Gasteiger partial charge in [-0.25, -0.2) is 4.98 Å². The minimum Gasteiger partial charge on any atom is -0.321 e. The number of para-hydroxylation sites is 1. The highest BCUT2D eigenvalue weighted by Crippen LogP contribution is 2.26. The van der Waals surface area contributed by atoms with Crippen LogP contribution in [0.15, 0.2) is 71.5 Å². The molecule has 1 aromatic heterocycles. The van der Waals surface area contributed by atoms with E-state index in [1.807, 2.05) is 6.07 Å². The molecule has 4 rings (SSSR count). The first-order valence-electron chi connectivity index (χ1n) is 8.80. The number of rotatable bonds is 3. The van der Waals surface area contributed by atoms with Gasteiger partial charge >= 0.3 is 0 Å². The number of nitrogens with one attached hydrogen (secondary N) is 1. The molecule has 5 nitrogen and oxygen atoms in total. The van der Waals surface area contributed by atoms with Crippen LogP contribution in [0.1, 0.15) is 16.2 Å². The van der Waals surface area contributed by atoms with Crippen LogP contribution in [0.5, 0.6) is 0 Å². The maximum absolute atomic E-state index is 13.0. The molecule has 1 N–H and O–H groups in total. The van der Waals surface area contributed by atoms with Crippen LogP contribution < -0.4 is 10.9 Å². The molecular weight excluding hydrogens is 409 g/mol. The molecule has 144 valence electrons. The average molecular weight is 424 g/mol. The largest absolute Gasteiger partial charge is 0.321 e. The molecule has 0 saturated carbocycles. The van der Waals surface area contributed by atoms with E-state index >= 15 is 0 Å². The Morgan fingerprint density at radius 3 is 2.48 bits per heavy atom. The molecule has 29 heavy (non-hydrogen) atoms. The van der Waals surface area contributed by atoms with Crippen molar-refractivity contribution < 1.29 is 4.79 Å². The van der Waals surface area contributed by atoms with Gasteiger partial charge in [-0.15, -0.1) is 0 Å². The first kappa shape index (κ1) is 19.2. The van der Waals surface area contributed by atoms with Gasteiger partial charge in [0.2, 0.25) is 0 Å². The molecule has 0 aliphatic heterocycles. The summed E-state index contributed by atoms with van der Waals surface area (Å²) >= 11 is 12.4. The summed E-state index contributed by atoms with van der Waals surface area (Å²) in [6.45, 7) is 1.75. The first-order valence-corrected chi connectivity index (χ1v) is 9.55. The van der Waals surface area contributed by atoms with Crippen LogP contribution in [0, 0.1) is 6.92 Å². The molecule has 0 spiro atoms. The third kappa shape index (κ3) is 3.62. The molecule has 0 aliphatic rings. The lowest BCUT2D eigenvalue weighted by Gasteiger charge is -2.14. The lowest BCUT2D eigenvalue weighted by molar-refractivity contribution is 0.102. The minimum atomic E-state index is -0.393. The van der Waals surface area contributed by atoms with Gasteiger partial charge in [-0.1, -0.05) is 47.5 Å². The second kappa shape index (κ2) is 7.70. The lowest BCUT2D eigenvalue weighted by Crippen LogP contribution is -2.22. The Labute approximate surface area is 176 Å². The summed E-state index contributed by atoms with van der Waals surface area (Å²) in [7, 11) is 0. The third-order valence-electron chi connectivity index (χ3n) is 4.52. The molecule has 1 heterocycles. The number of aromatic nitrogens is 2. The molecule has 0 atom stereocenters. The molecule has 7 heteroatoms. The zero-order valence-corrected chi connectivity index (χ0v) is 16.8. The summed E-state index contributed by atoms with van der Waals surface area (Å²) < 4.78 is 1.49. The van der Waals surface area contributed by atoms with Crippen molar-refractivity contribution >= 4 is 45.7 Å². The van der Waals surface area contributed by atoms with Gasteiger partial charge in [0.15, 0.2) is 0 Å². The fraction of sp³-hybridized carbons (Fsp3) is 0.0455. The van der Waals surface area contributed by atoms with Crippen LogP contribution in [0.3, 0.4) is 0 Å². The van der Waals surface area contributed by atoms with E-state index in [4.69, 9.17) is 23.2 Å². The monoisotopic (exact) mass is 423 g/mol. The van der Waals surface area contributed by atoms with Crippen LogP contribution in [0.4, 0.5) is 5.69 Å². The second-order valence-corrected chi connectivity index (χ2v) is 7.23. The van der Waals surface area contributed by atoms with Crippen LogP contribution in [-0.2, 0) is 0 Å². The van der Waals surface area contributed by atoms with E-state index in [1.165, 1.54) is 4.57 Å². The fourth-order valence-electron chi connectivity index (χ4n) is 3.13. The molecule has 0 fully saturated rings. The fourth-order valence-corrected chi connectivity index (χ4v) is 3.52. The smallest absolute Gasteiger partial charge is 0.265 e. The standard InChI is InChI=1S/C22H15Cl2N3O2/c1-13-25-19-9-5-3-7-16(19)22(29)27(13)14-10-11-18(24)20(12-14)26-21(28)15-6-2-4-8-17(15)23/h2-12H,1H3,(H,26,28). The van der Waals surface area contributed by atoms with E-state index in [0.717, 1.165) is 0 Å². The maximum atomic E-state index is 13.0. The van der Waals surface area contributed by atoms with Crippen LogP contribution in [-0.4, -0.2) is 15.5 Å². The number of carbonyl (C=O) groups excluding carboxylic acids is 1. The number of anilines is 1. The van der Waals surface area contributed by atoms with Crippen LogP contribution in [0.2, 0.25) is 10.0 Å². The van der Waals surface area contributed by atoms with E-state index in [2.05, 4.69) is 10.3 Å². The number of halogens is 2.